The summed E-state index contributed by atoms with van der Waals surface area (Å²) in [5.74, 6) is 0. The molecule has 2 nitrogen and oxygen atoms in total. The summed E-state index contributed by atoms with van der Waals surface area (Å²) < 4.78 is 0. The zero-order valence-corrected chi connectivity index (χ0v) is 5.28. The highest BCUT2D eigenvalue weighted by Gasteiger charge is 2.25. The van der Waals surface area contributed by atoms with Crippen LogP contribution < -0.4 is 0 Å². The van der Waals surface area contributed by atoms with Crippen molar-refractivity contribution in [1.29, 1.82) is 0 Å². The van der Waals surface area contributed by atoms with Crippen LogP contribution in [0, 0.1) is 0 Å². The van der Waals surface area contributed by atoms with Crippen LogP contribution in [0.15, 0.2) is 24.3 Å². The molecular weight excluding hydrogens is 116 g/mol. The second-order valence-electron chi connectivity index (χ2n) is 2.41. The van der Waals surface area contributed by atoms with Crippen LogP contribution in [0.1, 0.15) is 6.92 Å². The van der Waals surface area contributed by atoms with Crippen LogP contribution >= 0.6 is 0 Å². The van der Waals surface area contributed by atoms with E-state index in [1.165, 1.54) is 0 Å². The van der Waals surface area contributed by atoms with Crippen molar-refractivity contribution in [1.82, 2.24) is 0 Å². The van der Waals surface area contributed by atoms with Crippen molar-refractivity contribution in [3.8, 4) is 0 Å². The number of hydrogen-bond donors (Lipinski definition) is 2. The van der Waals surface area contributed by atoms with Gasteiger partial charge in [0.05, 0.1) is 0 Å². The van der Waals surface area contributed by atoms with E-state index >= 15 is 0 Å². The molecule has 0 aromatic rings. The Kier molecular flexibility index (Phi) is 1.43. The standard InChI is InChI=1S/C7H10O2/c1-7(9)5-3-2-4-6(7)8/h2-6,8-9H,1H3/t6-,7-/m0/s1. The first-order chi connectivity index (χ1) is 4.13. The summed E-state index contributed by atoms with van der Waals surface area (Å²) in [6, 6.07) is 0. The second-order valence-corrected chi connectivity index (χ2v) is 2.41. The van der Waals surface area contributed by atoms with Crippen LogP contribution in [0.4, 0.5) is 0 Å². The van der Waals surface area contributed by atoms with E-state index in [4.69, 9.17) is 5.11 Å². The third-order valence-electron chi connectivity index (χ3n) is 1.44. The molecule has 2 heteroatoms. The van der Waals surface area contributed by atoms with Crippen LogP contribution in [0.25, 0.3) is 0 Å². The summed E-state index contributed by atoms with van der Waals surface area (Å²) in [6.45, 7) is 1.57. The fourth-order valence-corrected chi connectivity index (χ4v) is 0.713. The van der Waals surface area contributed by atoms with Gasteiger partial charge in [-0.05, 0) is 6.92 Å². The number of rotatable bonds is 0. The van der Waals surface area contributed by atoms with Gasteiger partial charge in [-0.3, -0.25) is 0 Å². The molecule has 0 radical (unpaired) electrons. The fraction of sp³-hybridized carbons (Fsp3) is 0.429. The lowest BCUT2D eigenvalue weighted by atomic mass is 9.95. The number of allylic oxidation sites excluding steroid dienone is 2. The molecule has 0 bridgehead atoms. The van der Waals surface area contributed by atoms with Gasteiger partial charge in [0, 0.05) is 0 Å². The number of aliphatic hydroxyl groups excluding tert-OH is 1. The summed E-state index contributed by atoms with van der Waals surface area (Å²) in [6.07, 6.45) is 5.79. The van der Waals surface area contributed by atoms with Gasteiger partial charge in [-0.25, -0.2) is 0 Å². The van der Waals surface area contributed by atoms with E-state index in [-0.39, 0.29) is 0 Å². The van der Waals surface area contributed by atoms with Gasteiger partial charge in [0.1, 0.15) is 11.7 Å². The lowest BCUT2D eigenvalue weighted by Crippen LogP contribution is -2.36. The molecule has 0 aromatic heterocycles. The highest BCUT2D eigenvalue weighted by molar-refractivity contribution is 5.20. The van der Waals surface area contributed by atoms with E-state index < -0.39 is 11.7 Å². The summed E-state index contributed by atoms with van der Waals surface area (Å²) in [4.78, 5) is 0. The molecule has 0 saturated heterocycles. The van der Waals surface area contributed by atoms with Crippen LogP contribution in [0.3, 0.4) is 0 Å². The van der Waals surface area contributed by atoms with Crippen LogP contribution in [0.2, 0.25) is 0 Å². The van der Waals surface area contributed by atoms with Crippen molar-refractivity contribution in [3.63, 3.8) is 0 Å². The van der Waals surface area contributed by atoms with E-state index in [0.717, 1.165) is 0 Å². The van der Waals surface area contributed by atoms with Crippen molar-refractivity contribution in [2.75, 3.05) is 0 Å². The van der Waals surface area contributed by atoms with Crippen molar-refractivity contribution in [2.24, 2.45) is 0 Å². The topological polar surface area (TPSA) is 40.5 Å². The Balaban J connectivity index is 2.78. The molecule has 0 amide bonds. The molecular formula is C7H10O2. The average Bonchev–Trinajstić information content (AvgIpc) is 1.77. The van der Waals surface area contributed by atoms with Gasteiger partial charge in [0.15, 0.2) is 0 Å². The Morgan fingerprint density at radius 2 is 2.11 bits per heavy atom. The van der Waals surface area contributed by atoms with Gasteiger partial charge in [-0.1, -0.05) is 24.3 Å². The lowest BCUT2D eigenvalue weighted by Gasteiger charge is -2.24. The second kappa shape index (κ2) is 1.97. The third kappa shape index (κ3) is 1.20. The van der Waals surface area contributed by atoms with Gasteiger partial charge in [-0.15, -0.1) is 0 Å². The number of hydrogen-bond acceptors (Lipinski definition) is 2. The summed E-state index contributed by atoms with van der Waals surface area (Å²) >= 11 is 0. The molecule has 0 aliphatic heterocycles. The normalized spacial score (nSPS) is 41.4. The Morgan fingerprint density at radius 1 is 1.44 bits per heavy atom. The maximum atomic E-state index is 9.25. The van der Waals surface area contributed by atoms with E-state index in [2.05, 4.69) is 0 Å². The zero-order chi connectivity index (χ0) is 6.91. The predicted octanol–water partition coefficient (Wildman–Crippen LogP) is 0.224. The van der Waals surface area contributed by atoms with E-state index in [0.29, 0.717) is 0 Å². The quantitative estimate of drug-likeness (QED) is 0.487. The molecule has 0 aromatic carbocycles. The first-order valence-electron chi connectivity index (χ1n) is 2.89. The van der Waals surface area contributed by atoms with Crippen molar-refractivity contribution in [2.45, 2.75) is 18.6 Å². The Labute approximate surface area is 54.1 Å². The van der Waals surface area contributed by atoms with E-state index in [1.807, 2.05) is 0 Å². The lowest BCUT2D eigenvalue weighted by molar-refractivity contribution is -0.000772. The molecule has 0 heterocycles. The van der Waals surface area contributed by atoms with Crippen molar-refractivity contribution >= 4 is 0 Å². The first kappa shape index (κ1) is 6.52. The smallest absolute Gasteiger partial charge is 0.110 e. The minimum Gasteiger partial charge on any atom is -0.386 e. The molecule has 0 unspecified atom stereocenters. The van der Waals surface area contributed by atoms with Gasteiger partial charge < -0.3 is 10.2 Å². The Hall–Kier alpha value is -0.600. The van der Waals surface area contributed by atoms with E-state index in [1.54, 1.807) is 31.2 Å². The molecule has 2 atom stereocenters. The van der Waals surface area contributed by atoms with Crippen LogP contribution in [0.5, 0.6) is 0 Å². The molecule has 9 heavy (non-hydrogen) atoms. The summed E-state index contributed by atoms with van der Waals surface area (Å²) in [7, 11) is 0. The zero-order valence-electron chi connectivity index (χ0n) is 5.28. The highest BCUT2D eigenvalue weighted by atomic mass is 16.3. The Bertz CT molecular complexity index is 156. The SMILES string of the molecule is C[C@]1(O)C=CC=C[C@@H]1O. The van der Waals surface area contributed by atoms with Gasteiger partial charge in [0.25, 0.3) is 0 Å². The van der Waals surface area contributed by atoms with Crippen LogP contribution in [-0.4, -0.2) is 21.9 Å². The van der Waals surface area contributed by atoms with Gasteiger partial charge >= 0.3 is 0 Å². The van der Waals surface area contributed by atoms with Crippen LogP contribution in [-0.2, 0) is 0 Å². The maximum Gasteiger partial charge on any atom is 0.110 e. The monoisotopic (exact) mass is 126 g/mol. The van der Waals surface area contributed by atoms with Gasteiger partial charge in [0.2, 0.25) is 0 Å². The summed E-state index contributed by atoms with van der Waals surface area (Å²) in [5, 5.41) is 18.3. The molecule has 50 valence electrons. The molecule has 0 fully saturated rings. The maximum absolute atomic E-state index is 9.25. The number of aliphatic hydroxyl groups is 2. The van der Waals surface area contributed by atoms with Gasteiger partial charge in [-0.2, -0.15) is 0 Å². The molecule has 0 spiro atoms. The fourth-order valence-electron chi connectivity index (χ4n) is 0.713. The minimum atomic E-state index is -1.07. The molecule has 1 rings (SSSR count). The van der Waals surface area contributed by atoms with Crippen molar-refractivity contribution in [3.05, 3.63) is 24.3 Å². The Morgan fingerprint density at radius 3 is 2.44 bits per heavy atom. The predicted molar refractivity (Wildman–Crippen MR) is 34.9 cm³/mol. The highest BCUT2D eigenvalue weighted by Crippen LogP contribution is 2.16. The molecule has 0 saturated carbocycles. The summed E-state index contributed by atoms with van der Waals surface area (Å²) in [5.41, 5.74) is -1.07. The first-order valence-corrected chi connectivity index (χ1v) is 2.89. The average molecular weight is 126 g/mol. The largest absolute Gasteiger partial charge is 0.386 e. The minimum absolute atomic E-state index is 0.762. The molecule has 2 N–H and O–H groups in total. The molecule has 1 aliphatic carbocycles. The third-order valence-corrected chi connectivity index (χ3v) is 1.44. The van der Waals surface area contributed by atoms with Crippen molar-refractivity contribution < 1.29 is 10.2 Å². The molecule has 1 aliphatic rings. The van der Waals surface area contributed by atoms with E-state index in [9.17, 15) is 5.11 Å².